The highest BCUT2D eigenvalue weighted by molar-refractivity contribution is 7.90. The van der Waals surface area contributed by atoms with Crippen molar-refractivity contribution >= 4 is 33.5 Å². The number of rotatable bonds is 2. The van der Waals surface area contributed by atoms with E-state index in [-0.39, 0.29) is 23.4 Å². The molecule has 3 amide bonds. The van der Waals surface area contributed by atoms with E-state index < -0.39 is 10.0 Å². The Morgan fingerprint density at radius 1 is 0.938 bits per heavy atom. The minimum Gasteiger partial charge on any atom is -0.352 e. The summed E-state index contributed by atoms with van der Waals surface area (Å²) >= 11 is 0. The largest absolute Gasteiger partial charge is 0.352 e. The molecule has 0 aromatic heterocycles. The lowest BCUT2D eigenvalue weighted by Gasteiger charge is -2.35. The Balaban J connectivity index is 1.16. The van der Waals surface area contributed by atoms with E-state index in [1.54, 1.807) is 34.1 Å². The van der Waals surface area contributed by atoms with Gasteiger partial charge in [-0.3, -0.25) is 4.79 Å². The van der Waals surface area contributed by atoms with Crippen molar-refractivity contribution in [2.75, 3.05) is 44.2 Å². The van der Waals surface area contributed by atoms with Gasteiger partial charge in [0.2, 0.25) is 5.91 Å². The molecule has 9 nitrogen and oxygen atoms in total. The number of amidine groups is 1. The monoisotopic (exact) mass is 453 g/mol. The summed E-state index contributed by atoms with van der Waals surface area (Å²) in [6.45, 7) is 2.31. The Morgan fingerprint density at radius 3 is 2.47 bits per heavy atom. The van der Waals surface area contributed by atoms with Crippen LogP contribution in [0.4, 0.5) is 10.5 Å². The molecule has 3 heterocycles. The van der Waals surface area contributed by atoms with Crippen molar-refractivity contribution in [1.82, 2.24) is 15.1 Å². The minimum absolute atomic E-state index is 0.0638. The smallest absolute Gasteiger partial charge is 0.317 e. The van der Waals surface area contributed by atoms with Crippen LogP contribution >= 0.6 is 0 Å². The molecule has 10 heteroatoms. The zero-order valence-corrected chi connectivity index (χ0v) is 18.2. The number of carbonyl (C=O) groups excluding carboxylic acids is 2. The molecule has 0 atom stereocenters. The lowest BCUT2D eigenvalue weighted by Crippen LogP contribution is -2.54. The predicted molar refractivity (Wildman–Crippen MR) is 119 cm³/mol. The van der Waals surface area contributed by atoms with Crippen molar-refractivity contribution in [3.05, 3.63) is 59.7 Å². The van der Waals surface area contributed by atoms with Crippen LogP contribution in [0.5, 0.6) is 0 Å². The fourth-order valence-corrected chi connectivity index (χ4v) is 5.62. The topological polar surface area (TPSA) is 102 Å². The maximum atomic E-state index is 12.6. The summed E-state index contributed by atoms with van der Waals surface area (Å²) in [6.07, 6.45) is 0.820. The normalized spacial score (nSPS) is 18.8. The third-order valence-corrected chi connectivity index (χ3v) is 7.38. The molecule has 1 N–H and O–H groups in total. The SMILES string of the molecule is O=C(NCC(=O)N1CCc2ccccc21)N1CCN(C2=NS(=O)(=O)c3ccccc32)CC1. The predicted octanol–water partition coefficient (Wildman–Crippen LogP) is 1.05. The van der Waals surface area contributed by atoms with Crippen molar-refractivity contribution in [3.8, 4) is 0 Å². The quantitative estimate of drug-likeness (QED) is 0.732. The molecule has 2 aromatic carbocycles. The highest BCUT2D eigenvalue weighted by atomic mass is 32.2. The van der Waals surface area contributed by atoms with Gasteiger partial charge in [-0.2, -0.15) is 8.42 Å². The number of anilines is 1. The van der Waals surface area contributed by atoms with Gasteiger partial charge in [0.05, 0.1) is 6.54 Å². The van der Waals surface area contributed by atoms with Crippen LogP contribution in [-0.2, 0) is 21.2 Å². The van der Waals surface area contributed by atoms with E-state index in [1.165, 1.54) is 0 Å². The summed E-state index contributed by atoms with van der Waals surface area (Å²) in [5.41, 5.74) is 2.65. The first-order valence-corrected chi connectivity index (χ1v) is 12.0. The van der Waals surface area contributed by atoms with Gasteiger partial charge in [0.15, 0.2) is 5.84 Å². The molecule has 0 spiro atoms. The molecule has 0 radical (unpaired) electrons. The van der Waals surface area contributed by atoms with Crippen LogP contribution in [0.1, 0.15) is 11.1 Å². The molecule has 1 fully saturated rings. The highest BCUT2D eigenvalue weighted by Crippen LogP contribution is 2.28. The van der Waals surface area contributed by atoms with Crippen LogP contribution < -0.4 is 10.2 Å². The van der Waals surface area contributed by atoms with Crippen LogP contribution in [-0.4, -0.2) is 75.3 Å². The molecular formula is C22H23N5O4S. The number of fused-ring (bicyclic) bond motifs is 2. The standard InChI is InChI=1S/C22H23N5O4S/c28-20(27-10-9-16-5-1-3-7-18(16)27)15-23-22(29)26-13-11-25(12-14-26)21-17-6-2-4-8-19(17)32(30,31)24-21/h1-8H,9-15H2,(H,23,29). The number of para-hydroxylation sites is 1. The number of nitrogens with zero attached hydrogens (tertiary/aromatic N) is 4. The lowest BCUT2D eigenvalue weighted by molar-refractivity contribution is -0.117. The molecule has 0 bridgehead atoms. The zero-order valence-electron chi connectivity index (χ0n) is 17.4. The van der Waals surface area contributed by atoms with Crippen LogP contribution in [0.15, 0.2) is 57.8 Å². The molecule has 32 heavy (non-hydrogen) atoms. The number of piperazine rings is 1. The van der Waals surface area contributed by atoms with E-state index >= 15 is 0 Å². The number of amides is 3. The Kier molecular flexibility index (Phi) is 5.09. The first-order chi connectivity index (χ1) is 15.4. The number of benzene rings is 2. The van der Waals surface area contributed by atoms with Gasteiger partial charge in [-0.15, -0.1) is 4.40 Å². The third-order valence-electron chi connectivity index (χ3n) is 6.06. The van der Waals surface area contributed by atoms with E-state index in [9.17, 15) is 18.0 Å². The Labute approximate surface area is 186 Å². The van der Waals surface area contributed by atoms with Gasteiger partial charge < -0.3 is 20.0 Å². The molecule has 3 aliphatic heterocycles. The summed E-state index contributed by atoms with van der Waals surface area (Å²) in [6, 6.07) is 14.3. The van der Waals surface area contributed by atoms with Crippen molar-refractivity contribution in [3.63, 3.8) is 0 Å². The first-order valence-electron chi connectivity index (χ1n) is 10.5. The van der Waals surface area contributed by atoms with Crippen molar-refractivity contribution in [1.29, 1.82) is 0 Å². The average molecular weight is 454 g/mol. The second kappa shape index (κ2) is 7.94. The summed E-state index contributed by atoms with van der Waals surface area (Å²) in [4.78, 5) is 30.7. The van der Waals surface area contributed by atoms with Gasteiger partial charge in [0.25, 0.3) is 10.0 Å². The summed E-state index contributed by atoms with van der Waals surface area (Å²) in [5, 5.41) is 2.72. The number of carbonyl (C=O) groups is 2. The van der Waals surface area contributed by atoms with Crippen LogP contribution in [0.2, 0.25) is 0 Å². The van der Waals surface area contributed by atoms with Crippen molar-refractivity contribution in [2.24, 2.45) is 4.40 Å². The third kappa shape index (κ3) is 3.60. The molecule has 3 aliphatic rings. The highest BCUT2D eigenvalue weighted by Gasteiger charge is 2.33. The molecule has 1 saturated heterocycles. The Bertz CT molecular complexity index is 1220. The van der Waals surface area contributed by atoms with E-state index in [0.717, 1.165) is 17.7 Å². The second-order valence-electron chi connectivity index (χ2n) is 7.94. The fraction of sp³-hybridized carbons (Fsp3) is 0.318. The number of sulfonamides is 1. The molecule has 2 aromatic rings. The second-order valence-corrected chi connectivity index (χ2v) is 9.52. The minimum atomic E-state index is -3.67. The summed E-state index contributed by atoms with van der Waals surface area (Å²) in [7, 11) is -3.67. The maximum Gasteiger partial charge on any atom is 0.317 e. The molecule has 166 valence electrons. The number of urea groups is 1. The van der Waals surface area contributed by atoms with Crippen LogP contribution in [0.3, 0.4) is 0 Å². The van der Waals surface area contributed by atoms with Crippen molar-refractivity contribution in [2.45, 2.75) is 11.3 Å². The van der Waals surface area contributed by atoms with E-state index in [4.69, 9.17) is 0 Å². The maximum absolute atomic E-state index is 12.6. The molecule has 0 saturated carbocycles. The van der Waals surface area contributed by atoms with E-state index in [2.05, 4.69) is 9.71 Å². The van der Waals surface area contributed by atoms with Gasteiger partial charge in [-0.05, 0) is 30.2 Å². The fourth-order valence-electron chi connectivity index (χ4n) is 4.39. The van der Waals surface area contributed by atoms with Gasteiger partial charge in [0.1, 0.15) is 4.90 Å². The van der Waals surface area contributed by atoms with Gasteiger partial charge in [-0.25, -0.2) is 4.79 Å². The average Bonchev–Trinajstić information content (AvgIpc) is 3.36. The van der Waals surface area contributed by atoms with Crippen LogP contribution in [0.25, 0.3) is 0 Å². The molecule has 5 rings (SSSR count). The number of nitrogens with one attached hydrogen (secondary N) is 1. The molecule has 0 unspecified atom stereocenters. The summed E-state index contributed by atoms with van der Waals surface area (Å²) in [5.74, 6) is 0.299. The van der Waals surface area contributed by atoms with Gasteiger partial charge in [0, 0.05) is 44.0 Å². The molecule has 0 aliphatic carbocycles. The number of hydrogen-bond donors (Lipinski definition) is 1. The van der Waals surface area contributed by atoms with Crippen molar-refractivity contribution < 1.29 is 18.0 Å². The molecular weight excluding hydrogens is 430 g/mol. The first kappa shape index (κ1) is 20.5. The van der Waals surface area contributed by atoms with Gasteiger partial charge in [-0.1, -0.05) is 30.3 Å². The zero-order chi connectivity index (χ0) is 22.3. The van der Waals surface area contributed by atoms with Crippen LogP contribution in [0, 0.1) is 0 Å². The Morgan fingerprint density at radius 2 is 1.66 bits per heavy atom. The Hall–Kier alpha value is -3.40. The van der Waals surface area contributed by atoms with Gasteiger partial charge >= 0.3 is 6.03 Å². The summed E-state index contributed by atoms with van der Waals surface area (Å²) < 4.78 is 28.5. The van der Waals surface area contributed by atoms with E-state index in [0.29, 0.717) is 44.1 Å². The lowest BCUT2D eigenvalue weighted by atomic mass is 10.1. The van der Waals surface area contributed by atoms with E-state index in [1.807, 2.05) is 29.2 Å². The number of hydrogen-bond acceptors (Lipinski definition) is 5.